The van der Waals surface area contributed by atoms with E-state index in [1.54, 1.807) is 13.0 Å². The van der Waals surface area contributed by atoms with Crippen LogP contribution in [0, 0.1) is 12.7 Å². The zero-order chi connectivity index (χ0) is 13.8. The van der Waals surface area contributed by atoms with Gasteiger partial charge in [0.2, 0.25) is 0 Å². The maximum absolute atomic E-state index is 13.3. The number of carbonyl (C=O) groups is 1. The van der Waals surface area contributed by atoms with Gasteiger partial charge in [-0.1, -0.05) is 6.07 Å². The molecule has 1 aliphatic rings. The Morgan fingerprint density at radius 3 is 2.74 bits per heavy atom. The van der Waals surface area contributed by atoms with Crippen LogP contribution in [0.3, 0.4) is 0 Å². The first-order chi connectivity index (χ1) is 9.13. The molecule has 0 atom stereocenters. The third-order valence-corrected chi connectivity index (χ3v) is 3.50. The van der Waals surface area contributed by atoms with Crippen molar-refractivity contribution in [3.8, 4) is 0 Å². The Morgan fingerprint density at radius 2 is 2.05 bits per heavy atom. The summed E-state index contributed by atoms with van der Waals surface area (Å²) in [5, 5.41) is 0. The van der Waals surface area contributed by atoms with Gasteiger partial charge in [-0.2, -0.15) is 0 Å². The Balaban J connectivity index is 2.41. The van der Waals surface area contributed by atoms with Crippen molar-refractivity contribution in [2.24, 2.45) is 0 Å². The summed E-state index contributed by atoms with van der Waals surface area (Å²) in [5.74, 6) is -0.433. The van der Waals surface area contributed by atoms with E-state index in [2.05, 4.69) is 0 Å². The van der Waals surface area contributed by atoms with Gasteiger partial charge in [0.1, 0.15) is 5.82 Å². The largest absolute Gasteiger partial charge is 0.463 e. The molecule has 0 amide bonds. The lowest BCUT2D eigenvalue weighted by atomic mass is 9.87. The highest BCUT2D eigenvalue weighted by molar-refractivity contribution is 5.98. The van der Waals surface area contributed by atoms with Crippen molar-refractivity contribution in [1.82, 2.24) is 0 Å². The molecular weight excluding hydrogens is 243 g/mol. The van der Waals surface area contributed by atoms with Crippen molar-refractivity contribution in [3.05, 3.63) is 40.7 Å². The predicted octanol–water partition coefficient (Wildman–Crippen LogP) is 4.02. The average Bonchev–Trinajstić information content (AvgIpc) is 2.42. The summed E-state index contributed by atoms with van der Waals surface area (Å²) in [7, 11) is 0. The van der Waals surface area contributed by atoms with Gasteiger partial charge in [0.25, 0.3) is 0 Å². The second-order valence-corrected chi connectivity index (χ2v) is 4.85. The second kappa shape index (κ2) is 6.00. The molecule has 2 rings (SSSR count). The van der Waals surface area contributed by atoms with Crippen molar-refractivity contribution in [3.63, 3.8) is 0 Å². The molecule has 102 valence electrons. The van der Waals surface area contributed by atoms with Crippen LogP contribution in [0.1, 0.15) is 43.7 Å². The monoisotopic (exact) mass is 262 g/mol. The summed E-state index contributed by atoms with van der Waals surface area (Å²) >= 11 is 0. The first kappa shape index (κ1) is 13.8. The van der Waals surface area contributed by atoms with E-state index in [0.717, 1.165) is 42.4 Å². The topological polar surface area (TPSA) is 26.3 Å². The molecule has 0 aliphatic heterocycles. The van der Waals surface area contributed by atoms with Crippen LogP contribution in [0.2, 0.25) is 0 Å². The van der Waals surface area contributed by atoms with Gasteiger partial charge in [0, 0.05) is 5.57 Å². The minimum absolute atomic E-state index is 0.210. The highest BCUT2D eigenvalue weighted by Gasteiger charge is 2.21. The van der Waals surface area contributed by atoms with E-state index < -0.39 is 0 Å². The number of hydrogen-bond donors (Lipinski definition) is 0. The Morgan fingerprint density at radius 1 is 1.32 bits per heavy atom. The van der Waals surface area contributed by atoms with Gasteiger partial charge in [-0.3, -0.25) is 0 Å². The van der Waals surface area contributed by atoms with E-state index >= 15 is 0 Å². The third kappa shape index (κ3) is 3.03. The molecule has 3 heteroatoms. The predicted molar refractivity (Wildman–Crippen MR) is 73.2 cm³/mol. The van der Waals surface area contributed by atoms with Crippen molar-refractivity contribution in [2.45, 2.75) is 39.5 Å². The summed E-state index contributed by atoms with van der Waals surface area (Å²) in [4.78, 5) is 12.0. The van der Waals surface area contributed by atoms with Gasteiger partial charge in [-0.15, -0.1) is 0 Å². The molecule has 0 radical (unpaired) electrons. The number of esters is 1. The van der Waals surface area contributed by atoms with Crippen LogP contribution in [0.5, 0.6) is 0 Å². The van der Waals surface area contributed by atoms with Gasteiger partial charge in [-0.05, 0) is 68.4 Å². The average molecular weight is 262 g/mol. The fourth-order valence-electron chi connectivity index (χ4n) is 2.50. The van der Waals surface area contributed by atoms with Crippen molar-refractivity contribution in [1.29, 1.82) is 0 Å². The summed E-state index contributed by atoms with van der Waals surface area (Å²) in [6.07, 6.45) is 3.69. The van der Waals surface area contributed by atoms with E-state index in [-0.39, 0.29) is 11.8 Å². The Labute approximate surface area is 113 Å². The molecule has 0 fully saturated rings. The van der Waals surface area contributed by atoms with Crippen LogP contribution in [-0.4, -0.2) is 12.6 Å². The van der Waals surface area contributed by atoms with Crippen molar-refractivity contribution in [2.75, 3.05) is 6.61 Å². The van der Waals surface area contributed by atoms with Gasteiger partial charge < -0.3 is 4.74 Å². The number of aryl methyl sites for hydroxylation is 1. The minimum atomic E-state index is -0.223. The molecule has 0 N–H and O–H groups in total. The highest BCUT2D eigenvalue weighted by Crippen LogP contribution is 2.33. The molecule has 1 aromatic rings. The Bertz CT molecular complexity index is 517. The van der Waals surface area contributed by atoms with E-state index in [4.69, 9.17) is 4.74 Å². The number of rotatable bonds is 3. The van der Waals surface area contributed by atoms with Crippen molar-refractivity contribution < 1.29 is 13.9 Å². The number of hydrogen-bond acceptors (Lipinski definition) is 2. The molecule has 0 saturated carbocycles. The molecule has 1 aliphatic carbocycles. The molecular formula is C16H19FO2. The molecule has 0 unspecified atom stereocenters. The molecule has 1 aromatic carbocycles. The molecule has 0 heterocycles. The third-order valence-electron chi connectivity index (χ3n) is 3.50. The number of halogens is 1. The minimum Gasteiger partial charge on any atom is -0.463 e. The number of allylic oxidation sites excluding steroid dienone is 1. The Hall–Kier alpha value is -1.64. The normalized spacial score (nSPS) is 15.5. The fraction of sp³-hybridized carbons (Fsp3) is 0.438. The van der Waals surface area contributed by atoms with Crippen LogP contribution < -0.4 is 0 Å². The van der Waals surface area contributed by atoms with Crippen LogP contribution in [0.15, 0.2) is 23.8 Å². The Kier molecular flexibility index (Phi) is 4.35. The van der Waals surface area contributed by atoms with Gasteiger partial charge >= 0.3 is 5.97 Å². The number of benzene rings is 1. The quantitative estimate of drug-likeness (QED) is 0.769. The van der Waals surface area contributed by atoms with Gasteiger partial charge in [0.15, 0.2) is 0 Å². The SMILES string of the molecule is CCOC(=O)C1=C(c2ccc(F)c(C)c2)CCCC1. The molecule has 0 bridgehead atoms. The van der Waals surface area contributed by atoms with E-state index in [0.29, 0.717) is 12.2 Å². The number of carbonyl (C=O) groups excluding carboxylic acids is 1. The van der Waals surface area contributed by atoms with Crippen LogP contribution in [-0.2, 0) is 9.53 Å². The second-order valence-electron chi connectivity index (χ2n) is 4.85. The molecule has 19 heavy (non-hydrogen) atoms. The standard InChI is InChI=1S/C16H19FO2/c1-3-19-16(18)14-7-5-4-6-13(14)12-8-9-15(17)11(2)10-12/h8-10H,3-7H2,1-2H3. The van der Waals surface area contributed by atoms with Crippen LogP contribution in [0.25, 0.3) is 5.57 Å². The summed E-state index contributed by atoms with van der Waals surface area (Å²) < 4.78 is 18.5. The summed E-state index contributed by atoms with van der Waals surface area (Å²) in [6, 6.07) is 5.03. The summed E-state index contributed by atoms with van der Waals surface area (Å²) in [5.41, 5.74) is 3.34. The molecule has 0 aromatic heterocycles. The first-order valence-corrected chi connectivity index (χ1v) is 6.79. The molecule has 0 saturated heterocycles. The lowest BCUT2D eigenvalue weighted by molar-refractivity contribution is -0.138. The maximum atomic E-state index is 13.3. The van der Waals surface area contributed by atoms with E-state index in [1.165, 1.54) is 6.07 Å². The smallest absolute Gasteiger partial charge is 0.334 e. The molecule has 2 nitrogen and oxygen atoms in total. The van der Waals surface area contributed by atoms with Gasteiger partial charge in [-0.25, -0.2) is 9.18 Å². The highest BCUT2D eigenvalue weighted by atomic mass is 19.1. The summed E-state index contributed by atoms with van der Waals surface area (Å²) in [6.45, 7) is 3.94. The zero-order valence-corrected chi connectivity index (χ0v) is 11.5. The zero-order valence-electron chi connectivity index (χ0n) is 11.5. The fourth-order valence-corrected chi connectivity index (χ4v) is 2.50. The van der Waals surface area contributed by atoms with Crippen LogP contribution >= 0.6 is 0 Å². The molecule has 0 spiro atoms. The number of ether oxygens (including phenoxy) is 1. The van der Waals surface area contributed by atoms with E-state index in [1.807, 2.05) is 13.0 Å². The van der Waals surface area contributed by atoms with Crippen LogP contribution in [0.4, 0.5) is 4.39 Å². The first-order valence-electron chi connectivity index (χ1n) is 6.79. The van der Waals surface area contributed by atoms with Gasteiger partial charge in [0.05, 0.1) is 6.61 Å². The lowest BCUT2D eigenvalue weighted by Crippen LogP contribution is -2.13. The van der Waals surface area contributed by atoms with E-state index in [9.17, 15) is 9.18 Å². The lowest BCUT2D eigenvalue weighted by Gasteiger charge is -2.20. The maximum Gasteiger partial charge on any atom is 0.334 e. The van der Waals surface area contributed by atoms with Crippen molar-refractivity contribution >= 4 is 11.5 Å².